The highest BCUT2D eigenvalue weighted by molar-refractivity contribution is 7.80. The first-order chi connectivity index (χ1) is 20.6. The summed E-state index contributed by atoms with van der Waals surface area (Å²) in [6.07, 6.45) is 3.94. The number of rotatable bonds is 14. The Labute approximate surface area is 254 Å². The lowest BCUT2D eigenvalue weighted by atomic mass is 9.99. The molecule has 8 N–H and O–H groups in total. The maximum atomic E-state index is 13.7. The van der Waals surface area contributed by atoms with Gasteiger partial charge in [-0.1, -0.05) is 50.2 Å². The van der Waals surface area contributed by atoms with Crippen molar-refractivity contribution in [2.24, 2.45) is 11.7 Å². The van der Waals surface area contributed by atoms with E-state index in [0.717, 1.165) is 32.9 Å². The zero-order chi connectivity index (χ0) is 31.1. The molecule has 4 atom stereocenters. The van der Waals surface area contributed by atoms with Gasteiger partial charge in [0.1, 0.15) is 18.1 Å². The monoisotopic (exact) mass is 606 g/mol. The average molecular weight is 607 g/mol. The van der Waals surface area contributed by atoms with E-state index in [4.69, 9.17) is 5.73 Å². The van der Waals surface area contributed by atoms with E-state index in [9.17, 15) is 24.3 Å². The molecular weight excluding hydrogens is 568 g/mol. The number of carbonyl (C=O) groups is 4. The third-order valence-corrected chi connectivity index (χ3v) is 7.71. The summed E-state index contributed by atoms with van der Waals surface area (Å²) in [6, 6.07) is 10.8. The number of para-hydroxylation sites is 2. The Morgan fingerprint density at radius 3 is 1.74 bits per heavy atom. The smallest absolute Gasteiger partial charge is 0.326 e. The summed E-state index contributed by atoms with van der Waals surface area (Å²) in [5.41, 5.74) is 9.15. The molecule has 11 nitrogen and oxygen atoms in total. The number of carboxylic acid groups (broad SMARTS) is 1. The molecule has 0 aliphatic carbocycles. The number of H-pyrrole nitrogens is 2. The molecule has 0 aliphatic heterocycles. The van der Waals surface area contributed by atoms with Crippen LogP contribution in [0.25, 0.3) is 21.8 Å². The third kappa shape index (κ3) is 7.96. The number of hydrogen-bond acceptors (Lipinski definition) is 6. The second-order valence-electron chi connectivity index (χ2n) is 11.1. The number of aliphatic carboxylic acids is 1. The number of hydrogen-bond donors (Lipinski definition) is 8. The molecule has 2 aromatic heterocycles. The summed E-state index contributed by atoms with van der Waals surface area (Å²) in [5, 5.41) is 19.8. The van der Waals surface area contributed by atoms with Crippen LogP contribution in [0.5, 0.6) is 0 Å². The van der Waals surface area contributed by atoms with Gasteiger partial charge in [-0.3, -0.25) is 14.4 Å². The van der Waals surface area contributed by atoms with Gasteiger partial charge < -0.3 is 36.8 Å². The highest BCUT2D eigenvalue weighted by Gasteiger charge is 2.31. The molecule has 4 unspecified atom stereocenters. The van der Waals surface area contributed by atoms with Crippen LogP contribution in [0.2, 0.25) is 0 Å². The first kappa shape index (κ1) is 31.6. The van der Waals surface area contributed by atoms with E-state index in [1.165, 1.54) is 0 Å². The summed E-state index contributed by atoms with van der Waals surface area (Å²) in [7, 11) is 0. The van der Waals surface area contributed by atoms with Gasteiger partial charge in [0.15, 0.2) is 0 Å². The van der Waals surface area contributed by atoms with Crippen molar-refractivity contribution in [2.45, 2.75) is 57.3 Å². The molecule has 0 fully saturated rings. The van der Waals surface area contributed by atoms with E-state index >= 15 is 0 Å². The number of nitrogens with one attached hydrogen (secondary N) is 5. The lowest BCUT2D eigenvalue weighted by molar-refractivity contribution is -0.142. The second kappa shape index (κ2) is 14.3. The molecule has 228 valence electrons. The van der Waals surface area contributed by atoms with Crippen molar-refractivity contribution in [2.75, 3.05) is 5.75 Å². The van der Waals surface area contributed by atoms with E-state index in [1.54, 1.807) is 12.4 Å². The number of fused-ring (bicyclic) bond motifs is 2. The predicted octanol–water partition coefficient (Wildman–Crippen LogP) is 2.28. The molecule has 3 amide bonds. The minimum absolute atomic E-state index is 0.00721. The molecule has 0 radical (unpaired) electrons. The van der Waals surface area contributed by atoms with Gasteiger partial charge in [-0.2, -0.15) is 12.6 Å². The fourth-order valence-electron chi connectivity index (χ4n) is 5.06. The van der Waals surface area contributed by atoms with Crippen molar-refractivity contribution in [1.82, 2.24) is 25.9 Å². The Bertz CT molecular complexity index is 1600. The van der Waals surface area contributed by atoms with E-state index in [2.05, 4.69) is 38.5 Å². The van der Waals surface area contributed by atoms with Crippen molar-refractivity contribution in [3.8, 4) is 0 Å². The number of thiol groups is 1. The van der Waals surface area contributed by atoms with Crippen molar-refractivity contribution in [3.05, 3.63) is 72.1 Å². The zero-order valence-electron chi connectivity index (χ0n) is 24.1. The van der Waals surface area contributed by atoms with Gasteiger partial charge in [-0.15, -0.1) is 0 Å². The Morgan fingerprint density at radius 2 is 1.23 bits per heavy atom. The van der Waals surface area contributed by atoms with Crippen molar-refractivity contribution >= 4 is 58.1 Å². The fraction of sp³-hybridized carbons (Fsp3) is 0.355. The standard InChI is InChI=1S/C31H38N6O5S/c1-17(2)11-25(29(39)37-27(31(41)42)13-19-15-34-24-10-6-4-8-21(19)24)36-30(40)26(35-28(38)22(32)16-43)12-18-14-33-23-9-5-3-7-20(18)23/h3-10,14-15,17,22,25-27,33-34,43H,11-13,16,32H2,1-2H3,(H,35,38)(H,36,40)(H,37,39)(H,41,42). The highest BCUT2D eigenvalue weighted by Crippen LogP contribution is 2.21. The molecule has 12 heteroatoms. The van der Waals surface area contributed by atoms with Crippen LogP contribution in [-0.2, 0) is 32.0 Å². The van der Waals surface area contributed by atoms with Crippen molar-refractivity contribution < 1.29 is 24.3 Å². The summed E-state index contributed by atoms with van der Waals surface area (Å²) in [5.74, 6) is -2.89. The minimum atomic E-state index is -1.23. The van der Waals surface area contributed by atoms with E-state index < -0.39 is 47.9 Å². The third-order valence-electron chi connectivity index (χ3n) is 7.32. The first-order valence-electron chi connectivity index (χ1n) is 14.2. The van der Waals surface area contributed by atoms with Crippen LogP contribution < -0.4 is 21.7 Å². The van der Waals surface area contributed by atoms with E-state index in [0.29, 0.717) is 0 Å². The Hall–Kier alpha value is -4.29. The number of carbonyl (C=O) groups excluding carboxylic acids is 3. The van der Waals surface area contributed by atoms with Gasteiger partial charge in [-0.05, 0) is 35.6 Å². The van der Waals surface area contributed by atoms with E-state index in [1.807, 2.05) is 62.4 Å². The molecule has 0 saturated heterocycles. The van der Waals surface area contributed by atoms with Crippen LogP contribution in [0, 0.1) is 5.92 Å². The van der Waals surface area contributed by atoms with Crippen LogP contribution in [0.15, 0.2) is 60.9 Å². The number of benzene rings is 2. The molecule has 0 spiro atoms. The summed E-state index contributed by atoms with van der Waals surface area (Å²) in [6.45, 7) is 3.79. The Morgan fingerprint density at radius 1 is 0.767 bits per heavy atom. The molecule has 4 rings (SSSR count). The van der Waals surface area contributed by atoms with Gasteiger partial charge >= 0.3 is 5.97 Å². The van der Waals surface area contributed by atoms with Gasteiger partial charge in [0.2, 0.25) is 17.7 Å². The summed E-state index contributed by atoms with van der Waals surface area (Å²) >= 11 is 4.09. The lowest BCUT2D eigenvalue weighted by Gasteiger charge is -2.26. The SMILES string of the molecule is CC(C)CC(NC(=O)C(Cc1c[nH]c2ccccc12)NC(=O)C(N)CS)C(=O)NC(Cc1c[nH]c2ccccc12)C(=O)O. The lowest BCUT2D eigenvalue weighted by Crippen LogP contribution is -2.58. The molecule has 0 aliphatic rings. The number of nitrogens with two attached hydrogens (primary N) is 1. The minimum Gasteiger partial charge on any atom is -0.480 e. The molecule has 2 aromatic carbocycles. The Kier molecular flexibility index (Phi) is 10.5. The average Bonchev–Trinajstić information content (AvgIpc) is 3.59. The fourth-order valence-corrected chi connectivity index (χ4v) is 5.23. The first-order valence-corrected chi connectivity index (χ1v) is 14.8. The van der Waals surface area contributed by atoms with Crippen LogP contribution in [0.4, 0.5) is 0 Å². The van der Waals surface area contributed by atoms with Crippen LogP contribution >= 0.6 is 12.6 Å². The summed E-state index contributed by atoms with van der Waals surface area (Å²) < 4.78 is 0. The molecule has 2 heterocycles. The molecular formula is C31H38N6O5S. The normalized spacial score (nSPS) is 14.3. The molecule has 43 heavy (non-hydrogen) atoms. The zero-order valence-corrected chi connectivity index (χ0v) is 25.0. The van der Waals surface area contributed by atoms with Crippen LogP contribution in [-0.4, -0.2) is 68.7 Å². The molecule has 0 saturated carbocycles. The van der Waals surface area contributed by atoms with Gasteiger partial charge in [0, 0.05) is 52.8 Å². The number of aromatic nitrogens is 2. The number of aromatic amines is 2. The van der Waals surface area contributed by atoms with Gasteiger partial charge in [-0.25, -0.2) is 4.79 Å². The Balaban J connectivity index is 1.53. The van der Waals surface area contributed by atoms with Crippen LogP contribution in [0.3, 0.4) is 0 Å². The number of amides is 3. The number of carboxylic acids is 1. The van der Waals surface area contributed by atoms with E-state index in [-0.39, 0.29) is 30.9 Å². The largest absolute Gasteiger partial charge is 0.480 e. The molecule has 0 bridgehead atoms. The van der Waals surface area contributed by atoms with Gasteiger partial charge in [0.25, 0.3) is 0 Å². The molecule has 4 aromatic rings. The summed E-state index contributed by atoms with van der Waals surface area (Å²) in [4.78, 5) is 58.4. The topological polar surface area (TPSA) is 182 Å². The van der Waals surface area contributed by atoms with Gasteiger partial charge in [0.05, 0.1) is 6.04 Å². The maximum Gasteiger partial charge on any atom is 0.326 e. The predicted molar refractivity (Wildman–Crippen MR) is 169 cm³/mol. The maximum absolute atomic E-state index is 13.7. The highest BCUT2D eigenvalue weighted by atomic mass is 32.1. The van der Waals surface area contributed by atoms with Crippen LogP contribution in [0.1, 0.15) is 31.4 Å². The van der Waals surface area contributed by atoms with Crippen molar-refractivity contribution in [1.29, 1.82) is 0 Å². The van der Waals surface area contributed by atoms with Crippen molar-refractivity contribution in [3.63, 3.8) is 0 Å². The second-order valence-corrected chi connectivity index (χ2v) is 11.4. The quantitative estimate of drug-likeness (QED) is 0.102.